The number of benzene rings is 1. The van der Waals surface area contributed by atoms with Crippen molar-refractivity contribution >= 4 is 35.5 Å². The van der Waals surface area contributed by atoms with E-state index in [0.29, 0.717) is 13.1 Å². The monoisotopic (exact) mass is 467 g/mol. The zero-order valence-electron chi connectivity index (χ0n) is 19.0. The van der Waals surface area contributed by atoms with Crippen LogP contribution in [0.25, 0.3) is 0 Å². The molecule has 31 heavy (non-hydrogen) atoms. The number of nitrogens with zero attached hydrogens (tertiary/aromatic N) is 2. The number of para-hydroxylation sites is 1. The molecular weight excluding hydrogens is 430 g/mol. The van der Waals surface area contributed by atoms with E-state index in [9.17, 15) is 9.59 Å². The normalized spacial score (nSPS) is 19.9. The largest absolute Gasteiger partial charge is 0.494 e. The molecule has 2 aliphatic rings. The first-order valence-corrected chi connectivity index (χ1v) is 13.0. The second-order valence-electron chi connectivity index (χ2n) is 7.87. The lowest BCUT2D eigenvalue weighted by Crippen LogP contribution is -2.59. The Morgan fingerprint density at radius 1 is 1.26 bits per heavy atom. The van der Waals surface area contributed by atoms with Gasteiger partial charge in [-0.3, -0.25) is 14.9 Å². The molecule has 0 saturated carbocycles. The molecule has 0 aromatic heterocycles. The van der Waals surface area contributed by atoms with Gasteiger partial charge in [0.25, 0.3) is 5.24 Å². The lowest BCUT2D eigenvalue weighted by atomic mass is 9.96. The summed E-state index contributed by atoms with van der Waals surface area (Å²) >= 11 is 5.69. The number of thioether (sulfide) groups is 1. The van der Waals surface area contributed by atoms with Gasteiger partial charge in [0.2, 0.25) is 5.91 Å². The average molecular weight is 468 g/mol. The summed E-state index contributed by atoms with van der Waals surface area (Å²) in [5, 5.41) is 3.44. The number of likely N-dealkylation sites (tertiary alicyclic amines) is 1. The molecule has 1 atom stereocenters. The predicted octanol–water partition coefficient (Wildman–Crippen LogP) is 4.27. The van der Waals surface area contributed by atoms with Crippen LogP contribution in [-0.4, -0.2) is 70.9 Å². The molecule has 0 aliphatic carbocycles. The van der Waals surface area contributed by atoms with Crippen molar-refractivity contribution in [2.24, 2.45) is 0 Å². The lowest BCUT2D eigenvalue weighted by molar-refractivity contribution is -0.133. The number of hydrogen-bond acceptors (Lipinski definition) is 5. The Hall–Kier alpha value is -1.38. The van der Waals surface area contributed by atoms with Crippen LogP contribution >= 0.6 is 24.4 Å². The summed E-state index contributed by atoms with van der Waals surface area (Å²) in [6, 6.07) is 9.73. The molecule has 6 nitrogen and oxygen atoms in total. The average Bonchev–Trinajstić information content (AvgIpc) is 3.03. The Balaban J connectivity index is 0.000000316. The SMILES string of the molecule is CCCCN1C(=O)C(CCSC)NC12CCN(C(=O)S)CC2.CCOc1ccccc1. The van der Waals surface area contributed by atoms with Gasteiger partial charge in [0.1, 0.15) is 5.75 Å². The number of rotatable bonds is 8. The maximum atomic E-state index is 12.8. The van der Waals surface area contributed by atoms with E-state index in [4.69, 9.17) is 4.74 Å². The Morgan fingerprint density at radius 2 is 1.94 bits per heavy atom. The number of amides is 2. The van der Waals surface area contributed by atoms with Gasteiger partial charge in [0.15, 0.2) is 0 Å². The third-order valence-corrected chi connectivity index (χ3v) is 6.71. The summed E-state index contributed by atoms with van der Waals surface area (Å²) in [5.41, 5.74) is -0.255. The van der Waals surface area contributed by atoms with Crippen LogP contribution in [0.5, 0.6) is 5.75 Å². The first-order chi connectivity index (χ1) is 15.0. The summed E-state index contributed by atoms with van der Waals surface area (Å²) in [5.74, 6) is 2.18. The highest BCUT2D eigenvalue weighted by molar-refractivity contribution is 7.98. The maximum absolute atomic E-state index is 12.8. The van der Waals surface area contributed by atoms with Gasteiger partial charge in [-0.25, -0.2) is 0 Å². The van der Waals surface area contributed by atoms with Gasteiger partial charge in [0.05, 0.1) is 18.3 Å². The van der Waals surface area contributed by atoms with Crippen molar-refractivity contribution in [1.82, 2.24) is 15.1 Å². The van der Waals surface area contributed by atoms with Crippen molar-refractivity contribution in [3.05, 3.63) is 30.3 Å². The number of hydrogen-bond donors (Lipinski definition) is 2. The van der Waals surface area contributed by atoms with Crippen molar-refractivity contribution in [2.45, 2.75) is 57.7 Å². The number of unbranched alkanes of at least 4 members (excludes halogenated alkanes) is 1. The van der Waals surface area contributed by atoms with E-state index in [1.807, 2.05) is 37.3 Å². The molecule has 1 N–H and O–H groups in total. The number of piperidine rings is 1. The zero-order valence-corrected chi connectivity index (χ0v) is 20.7. The van der Waals surface area contributed by atoms with E-state index in [0.717, 1.165) is 56.8 Å². The van der Waals surface area contributed by atoms with Crippen LogP contribution in [0.1, 0.15) is 46.0 Å². The maximum Gasteiger partial charge on any atom is 0.278 e. The van der Waals surface area contributed by atoms with E-state index >= 15 is 0 Å². The lowest BCUT2D eigenvalue weighted by Gasteiger charge is -2.44. The van der Waals surface area contributed by atoms with Crippen molar-refractivity contribution in [3.8, 4) is 5.75 Å². The van der Waals surface area contributed by atoms with Gasteiger partial charge in [-0.1, -0.05) is 44.2 Å². The zero-order chi connectivity index (χ0) is 22.7. The van der Waals surface area contributed by atoms with Crippen molar-refractivity contribution < 1.29 is 14.3 Å². The number of thiol groups is 1. The fraction of sp³-hybridized carbons (Fsp3) is 0.652. The Kier molecular flexibility index (Phi) is 11.0. The molecule has 1 aromatic rings. The number of nitrogens with one attached hydrogen (secondary N) is 1. The second-order valence-corrected chi connectivity index (χ2v) is 9.24. The van der Waals surface area contributed by atoms with E-state index < -0.39 is 0 Å². The number of carbonyl (C=O) groups is 2. The summed E-state index contributed by atoms with van der Waals surface area (Å²) in [7, 11) is 0. The smallest absolute Gasteiger partial charge is 0.278 e. The number of ether oxygens (including phenoxy) is 1. The van der Waals surface area contributed by atoms with Crippen molar-refractivity contribution in [1.29, 1.82) is 0 Å². The molecule has 1 unspecified atom stereocenters. The molecule has 2 heterocycles. The summed E-state index contributed by atoms with van der Waals surface area (Å²) in [6.07, 6.45) is 6.64. The molecule has 8 heteroatoms. The van der Waals surface area contributed by atoms with E-state index in [2.05, 4.69) is 36.0 Å². The molecule has 1 spiro atoms. The molecule has 0 radical (unpaired) electrons. The van der Waals surface area contributed by atoms with E-state index in [1.165, 1.54) is 0 Å². The third kappa shape index (κ3) is 7.32. The van der Waals surface area contributed by atoms with Crippen molar-refractivity contribution in [2.75, 3.05) is 38.2 Å². The molecule has 0 bridgehead atoms. The topological polar surface area (TPSA) is 61.9 Å². The summed E-state index contributed by atoms with van der Waals surface area (Å²) < 4.78 is 5.21. The van der Waals surface area contributed by atoms with Crippen LogP contribution in [0, 0.1) is 0 Å². The Bertz CT molecular complexity index is 682. The van der Waals surface area contributed by atoms with Gasteiger partial charge < -0.3 is 14.5 Å². The standard InChI is InChI=1S/C15H27N3O2S2.C8H10O/c1-3-4-8-18-13(19)12(5-11-22-2)16-15(18)6-9-17(10-7-15)14(20)21;1-2-9-8-6-4-3-5-7-8/h12,16H,3-11H2,1-2H3,(H,20,21);3-7H,2H2,1H3. The second kappa shape index (κ2) is 13.2. The van der Waals surface area contributed by atoms with Gasteiger partial charge >= 0.3 is 0 Å². The van der Waals surface area contributed by atoms with Crippen LogP contribution in [0.4, 0.5) is 4.79 Å². The van der Waals surface area contributed by atoms with Gasteiger partial charge in [-0.2, -0.15) is 11.8 Å². The van der Waals surface area contributed by atoms with Crippen LogP contribution < -0.4 is 10.1 Å². The predicted molar refractivity (Wildman–Crippen MR) is 132 cm³/mol. The van der Waals surface area contributed by atoms with Crippen molar-refractivity contribution in [3.63, 3.8) is 0 Å². The molecule has 2 saturated heterocycles. The first kappa shape index (κ1) is 25.9. The third-order valence-electron chi connectivity index (χ3n) is 5.78. The van der Waals surface area contributed by atoms with E-state index in [1.54, 1.807) is 16.7 Å². The molecule has 2 aliphatic heterocycles. The summed E-state index contributed by atoms with van der Waals surface area (Å²) in [4.78, 5) is 28.0. The number of carbonyl (C=O) groups excluding carboxylic acids is 2. The highest BCUT2D eigenvalue weighted by Gasteiger charge is 2.50. The quantitative estimate of drug-likeness (QED) is 0.559. The van der Waals surface area contributed by atoms with Crippen LogP contribution in [0.15, 0.2) is 30.3 Å². The highest BCUT2D eigenvalue weighted by atomic mass is 32.2. The Morgan fingerprint density at radius 3 is 2.48 bits per heavy atom. The van der Waals surface area contributed by atoms with Crippen LogP contribution in [0.3, 0.4) is 0 Å². The van der Waals surface area contributed by atoms with E-state index in [-0.39, 0.29) is 22.9 Å². The van der Waals surface area contributed by atoms with Crippen LogP contribution in [0.2, 0.25) is 0 Å². The minimum Gasteiger partial charge on any atom is -0.494 e. The molecular formula is C23H37N3O3S2. The molecule has 174 valence electrons. The first-order valence-electron chi connectivity index (χ1n) is 11.2. The molecule has 3 rings (SSSR count). The molecule has 1 aromatic carbocycles. The Labute approximate surface area is 196 Å². The molecule has 2 amide bonds. The fourth-order valence-electron chi connectivity index (χ4n) is 4.10. The van der Waals surface area contributed by atoms with Crippen LogP contribution in [-0.2, 0) is 4.79 Å². The fourth-order valence-corrected chi connectivity index (χ4v) is 4.77. The van der Waals surface area contributed by atoms with Gasteiger partial charge in [-0.05, 0) is 43.9 Å². The molecule has 2 fully saturated rings. The van der Waals surface area contributed by atoms with Gasteiger partial charge in [0, 0.05) is 32.5 Å². The summed E-state index contributed by atoms with van der Waals surface area (Å²) in [6.45, 7) is 7.01. The minimum atomic E-state index is -0.255. The highest BCUT2D eigenvalue weighted by Crippen LogP contribution is 2.34. The minimum absolute atomic E-state index is 0.0671. The van der Waals surface area contributed by atoms with Gasteiger partial charge in [-0.15, -0.1) is 0 Å².